The quantitative estimate of drug-likeness (QED) is 0.245. The van der Waals surface area contributed by atoms with Crippen LogP contribution in [0.25, 0.3) is 0 Å². The second-order valence-electron chi connectivity index (χ2n) is 10.2. The van der Waals surface area contributed by atoms with Crippen molar-refractivity contribution in [3.63, 3.8) is 0 Å². The predicted molar refractivity (Wildman–Crippen MR) is 136 cm³/mol. The van der Waals surface area contributed by atoms with E-state index in [2.05, 4.69) is 26.3 Å². The molecule has 2 fully saturated rings. The van der Waals surface area contributed by atoms with Crippen LogP contribution < -0.4 is 21.3 Å². The van der Waals surface area contributed by atoms with Gasteiger partial charge < -0.3 is 21.3 Å². The summed E-state index contributed by atoms with van der Waals surface area (Å²) in [6, 6.07) is 2.14. The van der Waals surface area contributed by atoms with Crippen molar-refractivity contribution in [3.05, 3.63) is 58.9 Å². The van der Waals surface area contributed by atoms with Crippen molar-refractivity contribution < 1.29 is 45.9 Å². The predicted octanol–water partition coefficient (Wildman–Crippen LogP) is 3.15. The topological polar surface area (TPSA) is 146 Å². The van der Waals surface area contributed by atoms with Crippen molar-refractivity contribution in [1.82, 2.24) is 20.9 Å². The summed E-state index contributed by atoms with van der Waals surface area (Å²) < 4.78 is 66.2. The number of pyridine rings is 1. The van der Waals surface area contributed by atoms with Crippen LogP contribution in [0.4, 0.5) is 27.6 Å². The largest absolute Gasteiger partial charge is 0.433 e. The first-order chi connectivity index (χ1) is 19.7. The highest BCUT2D eigenvalue weighted by atomic mass is 19.4. The van der Waals surface area contributed by atoms with Gasteiger partial charge in [-0.25, -0.2) is 8.78 Å². The number of Topliss-reactive ketones (excluding diaryl/α,β-unsaturated/α-hetero) is 1. The van der Waals surface area contributed by atoms with E-state index in [1.54, 1.807) is 6.92 Å². The summed E-state index contributed by atoms with van der Waals surface area (Å²) in [6.07, 6.45) is -5.73. The highest BCUT2D eigenvalue weighted by molar-refractivity contribution is 6.38. The normalized spacial score (nSPS) is 19.2. The van der Waals surface area contributed by atoms with E-state index in [1.165, 1.54) is 0 Å². The summed E-state index contributed by atoms with van der Waals surface area (Å²) in [6.45, 7) is 1.73. The lowest BCUT2D eigenvalue weighted by Crippen LogP contribution is -2.49. The molecular weight excluding hydrogens is 569 g/mol. The van der Waals surface area contributed by atoms with Crippen LogP contribution >= 0.6 is 0 Å². The van der Waals surface area contributed by atoms with Crippen LogP contribution in [0.15, 0.2) is 36.5 Å². The number of anilines is 1. The minimum atomic E-state index is -4.85. The Balaban J connectivity index is 1.61. The number of carbonyl (C=O) groups excluding carboxylic acids is 5. The summed E-state index contributed by atoms with van der Waals surface area (Å²) in [4.78, 5) is 67.2. The van der Waals surface area contributed by atoms with E-state index in [4.69, 9.17) is 0 Å². The number of halogens is 5. The van der Waals surface area contributed by atoms with Crippen LogP contribution in [0, 0.1) is 5.92 Å². The third-order valence-electron chi connectivity index (χ3n) is 6.78. The third kappa shape index (κ3) is 7.44. The van der Waals surface area contributed by atoms with Gasteiger partial charge in [-0.15, -0.1) is 0 Å². The number of nitrogens with one attached hydrogen (secondary N) is 4. The number of nitrogens with zero attached hydrogens (tertiary/aromatic N) is 1. The van der Waals surface area contributed by atoms with E-state index < -0.39 is 70.5 Å². The fourth-order valence-corrected chi connectivity index (χ4v) is 4.47. The Bertz CT molecular complexity index is 1410. The number of rotatable bonds is 10. The molecule has 0 radical (unpaired) electrons. The Labute approximate surface area is 235 Å². The Morgan fingerprint density at radius 1 is 1.07 bits per heavy atom. The van der Waals surface area contributed by atoms with Crippen molar-refractivity contribution in [1.29, 1.82) is 0 Å². The average Bonchev–Trinajstić information content (AvgIpc) is 3.69. The van der Waals surface area contributed by atoms with Crippen LogP contribution in [0.5, 0.6) is 0 Å². The number of hydrogen-bond donors (Lipinski definition) is 4. The lowest BCUT2D eigenvalue weighted by Gasteiger charge is -2.21. The molecule has 10 nitrogen and oxygen atoms in total. The van der Waals surface area contributed by atoms with Gasteiger partial charge in [-0.3, -0.25) is 29.0 Å². The summed E-state index contributed by atoms with van der Waals surface area (Å²) in [5.74, 6) is -5.39. The lowest BCUT2D eigenvalue weighted by molar-refractivity contribution is -0.141. The molecule has 1 aromatic heterocycles. The van der Waals surface area contributed by atoms with Crippen molar-refractivity contribution in [2.24, 2.45) is 5.92 Å². The molecule has 2 aliphatic rings. The molecule has 1 aromatic carbocycles. The number of alkyl halides is 5. The molecule has 42 heavy (non-hydrogen) atoms. The number of ketones is 1. The first-order valence-corrected chi connectivity index (χ1v) is 13.0. The second kappa shape index (κ2) is 12.2. The Kier molecular flexibility index (Phi) is 8.87. The van der Waals surface area contributed by atoms with Gasteiger partial charge in [-0.1, -0.05) is 6.07 Å². The van der Waals surface area contributed by atoms with Crippen LogP contribution in [0.2, 0.25) is 0 Å². The minimum Gasteiger partial charge on any atom is -0.353 e. The summed E-state index contributed by atoms with van der Waals surface area (Å²) in [5.41, 5.74) is -3.35. The molecule has 4 N–H and O–H groups in total. The van der Waals surface area contributed by atoms with Gasteiger partial charge >= 0.3 is 6.18 Å². The van der Waals surface area contributed by atoms with Gasteiger partial charge in [0.2, 0.25) is 11.7 Å². The van der Waals surface area contributed by atoms with E-state index in [1.807, 2.05) is 0 Å². The van der Waals surface area contributed by atoms with Gasteiger partial charge in [0.1, 0.15) is 5.69 Å². The summed E-state index contributed by atoms with van der Waals surface area (Å²) in [7, 11) is 0. The lowest BCUT2D eigenvalue weighted by atomic mass is 9.93. The summed E-state index contributed by atoms with van der Waals surface area (Å²) in [5, 5.41) is 9.75. The molecule has 0 bridgehead atoms. The maximum Gasteiger partial charge on any atom is 0.433 e. The number of carbonyl (C=O) groups is 5. The van der Waals surface area contributed by atoms with E-state index in [0.717, 1.165) is 30.5 Å². The third-order valence-corrected chi connectivity index (χ3v) is 6.78. The smallest absolute Gasteiger partial charge is 0.353 e. The highest BCUT2D eigenvalue weighted by Gasteiger charge is 2.38. The Hall–Kier alpha value is -4.43. The number of hydrogen-bond acceptors (Lipinski definition) is 6. The zero-order valence-corrected chi connectivity index (χ0v) is 22.1. The first kappa shape index (κ1) is 30.5. The van der Waals surface area contributed by atoms with E-state index >= 15 is 0 Å². The SMILES string of the molecule is C[C@@H]1C[C@@H](CC(NC(=O)c2cc(C(F)F)ccc2NC(=O)c2ccnc(C(F)(F)F)c2)C(=O)C(=O)NC2CC2)C(=O)N1. The highest BCUT2D eigenvalue weighted by Crippen LogP contribution is 2.29. The fourth-order valence-electron chi connectivity index (χ4n) is 4.47. The van der Waals surface area contributed by atoms with Gasteiger partial charge in [-0.2, -0.15) is 13.2 Å². The minimum absolute atomic E-state index is 0.191. The fraction of sp³-hybridized carbons (Fsp3) is 0.407. The monoisotopic (exact) mass is 595 g/mol. The molecule has 2 heterocycles. The van der Waals surface area contributed by atoms with Crippen molar-refractivity contribution >= 4 is 35.1 Å². The molecule has 2 aromatic rings. The molecule has 1 aliphatic heterocycles. The maximum atomic E-state index is 13.5. The molecule has 15 heteroatoms. The standard InChI is InChI=1S/C27H26F5N5O5/c1-12-8-15(24(40)34-12)10-19(21(38)26(42)35-16-3-4-16)37-25(41)17-9-13(22(28)29)2-5-18(17)36-23(39)14-6-7-33-20(11-14)27(30,31)32/h2,5-7,9,11-12,15-16,19,22H,3-4,8,10H2,1H3,(H,34,40)(H,35,42)(H,36,39)(H,37,41)/t12-,15+,19?/m1/s1. The van der Waals surface area contributed by atoms with Crippen molar-refractivity contribution in [2.75, 3.05) is 5.32 Å². The second-order valence-corrected chi connectivity index (χ2v) is 10.2. The van der Waals surface area contributed by atoms with Crippen LogP contribution in [0.1, 0.15) is 71.0 Å². The van der Waals surface area contributed by atoms with Crippen molar-refractivity contribution in [2.45, 2.75) is 63.3 Å². The number of benzene rings is 1. The zero-order chi connectivity index (χ0) is 30.8. The van der Waals surface area contributed by atoms with Crippen LogP contribution in [-0.4, -0.2) is 52.5 Å². The van der Waals surface area contributed by atoms with E-state index in [0.29, 0.717) is 25.3 Å². The molecule has 0 spiro atoms. The van der Waals surface area contributed by atoms with Gasteiger partial charge in [-0.05, 0) is 56.9 Å². The maximum absolute atomic E-state index is 13.5. The van der Waals surface area contributed by atoms with Crippen LogP contribution in [0.3, 0.4) is 0 Å². The molecule has 1 unspecified atom stereocenters. The summed E-state index contributed by atoms with van der Waals surface area (Å²) >= 11 is 0. The molecule has 224 valence electrons. The molecule has 3 atom stereocenters. The molecule has 1 saturated carbocycles. The molecule has 4 rings (SSSR count). The zero-order valence-electron chi connectivity index (χ0n) is 22.1. The molecular formula is C27H26F5N5O5. The van der Waals surface area contributed by atoms with Gasteiger partial charge in [0.15, 0.2) is 0 Å². The number of amides is 4. The van der Waals surface area contributed by atoms with E-state index in [9.17, 15) is 45.9 Å². The average molecular weight is 596 g/mol. The van der Waals surface area contributed by atoms with E-state index in [-0.39, 0.29) is 30.1 Å². The Morgan fingerprint density at radius 3 is 2.38 bits per heavy atom. The number of aromatic nitrogens is 1. The van der Waals surface area contributed by atoms with Crippen LogP contribution in [-0.2, 0) is 20.6 Å². The Morgan fingerprint density at radius 2 is 1.79 bits per heavy atom. The van der Waals surface area contributed by atoms with Crippen molar-refractivity contribution in [3.8, 4) is 0 Å². The van der Waals surface area contributed by atoms with Gasteiger partial charge in [0.25, 0.3) is 24.1 Å². The molecule has 1 aliphatic carbocycles. The molecule has 1 saturated heterocycles. The van der Waals surface area contributed by atoms with Gasteiger partial charge in [0.05, 0.1) is 17.3 Å². The first-order valence-electron chi connectivity index (χ1n) is 13.0. The molecule has 4 amide bonds. The van der Waals surface area contributed by atoms with Gasteiger partial charge in [0, 0.05) is 35.3 Å².